The molecule has 0 aliphatic carbocycles. The minimum atomic E-state index is 0.632. The molecule has 0 fully saturated rings. The largest absolute Gasteiger partial charge is 0.486 e. The van der Waals surface area contributed by atoms with Crippen molar-refractivity contribution in [2.45, 2.75) is 20.0 Å². The van der Waals surface area contributed by atoms with Crippen LogP contribution in [0, 0.1) is 6.92 Å². The first-order valence-corrected chi connectivity index (χ1v) is 6.97. The third kappa shape index (κ3) is 2.94. The topological polar surface area (TPSA) is 30.5 Å². The molecule has 20 heavy (non-hydrogen) atoms. The summed E-state index contributed by atoms with van der Waals surface area (Å²) in [5.74, 6) is 1.70. The molecule has 3 rings (SSSR count). The summed E-state index contributed by atoms with van der Waals surface area (Å²) in [6.07, 6.45) is 0. The van der Waals surface area contributed by atoms with Crippen LogP contribution in [-0.4, -0.2) is 13.2 Å². The number of ether oxygens (including phenoxy) is 2. The zero-order chi connectivity index (χ0) is 13.8. The van der Waals surface area contributed by atoms with Crippen LogP contribution in [0.15, 0.2) is 42.5 Å². The Morgan fingerprint density at radius 1 is 0.950 bits per heavy atom. The third-order valence-electron chi connectivity index (χ3n) is 3.51. The molecular weight excluding hydrogens is 250 g/mol. The van der Waals surface area contributed by atoms with Crippen molar-refractivity contribution in [3.63, 3.8) is 0 Å². The molecule has 2 aromatic carbocycles. The van der Waals surface area contributed by atoms with Crippen LogP contribution in [0.25, 0.3) is 0 Å². The number of aryl methyl sites for hydroxylation is 1. The molecule has 1 aliphatic rings. The molecule has 0 spiro atoms. The fourth-order valence-corrected chi connectivity index (χ4v) is 2.35. The third-order valence-corrected chi connectivity index (χ3v) is 3.51. The summed E-state index contributed by atoms with van der Waals surface area (Å²) in [5, 5.41) is 3.47. The first kappa shape index (κ1) is 13.0. The zero-order valence-electron chi connectivity index (χ0n) is 11.7. The zero-order valence-corrected chi connectivity index (χ0v) is 11.7. The van der Waals surface area contributed by atoms with Gasteiger partial charge in [0.2, 0.25) is 0 Å². The molecule has 2 aromatic rings. The van der Waals surface area contributed by atoms with Crippen molar-refractivity contribution in [3.8, 4) is 11.5 Å². The summed E-state index contributed by atoms with van der Waals surface area (Å²) < 4.78 is 11.1. The summed E-state index contributed by atoms with van der Waals surface area (Å²) in [6.45, 7) is 5.11. The van der Waals surface area contributed by atoms with Crippen molar-refractivity contribution in [2.24, 2.45) is 0 Å². The van der Waals surface area contributed by atoms with Crippen molar-refractivity contribution in [1.82, 2.24) is 5.32 Å². The molecule has 3 heteroatoms. The first-order valence-electron chi connectivity index (χ1n) is 6.97. The molecule has 0 saturated carbocycles. The van der Waals surface area contributed by atoms with Crippen LogP contribution in [0.5, 0.6) is 11.5 Å². The van der Waals surface area contributed by atoms with Crippen molar-refractivity contribution in [1.29, 1.82) is 0 Å². The Labute approximate surface area is 119 Å². The monoisotopic (exact) mass is 269 g/mol. The molecule has 0 atom stereocenters. The maximum atomic E-state index is 5.60. The number of benzene rings is 2. The second-order valence-electron chi connectivity index (χ2n) is 5.01. The molecule has 3 nitrogen and oxygen atoms in total. The smallest absolute Gasteiger partial charge is 0.161 e. The van der Waals surface area contributed by atoms with E-state index in [1.54, 1.807) is 0 Å². The number of fused-ring (bicyclic) bond motifs is 1. The Kier molecular flexibility index (Phi) is 3.88. The van der Waals surface area contributed by atoms with E-state index < -0.39 is 0 Å². The Morgan fingerprint density at radius 2 is 1.75 bits per heavy atom. The van der Waals surface area contributed by atoms with Crippen molar-refractivity contribution in [3.05, 3.63) is 59.2 Å². The molecule has 0 radical (unpaired) electrons. The van der Waals surface area contributed by atoms with E-state index in [1.165, 1.54) is 16.7 Å². The van der Waals surface area contributed by atoms with Crippen molar-refractivity contribution in [2.75, 3.05) is 13.2 Å². The summed E-state index contributed by atoms with van der Waals surface area (Å²) >= 11 is 0. The Bertz CT molecular complexity index is 595. The molecule has 1 N–H and O–H groups in total. The number of rotatable bonds is 4. The molecule has 0 unspecified atom stereocenters. The number of nitrogens with one attached hydrogen (secondary N) is 1. The van der Waals surface area contributed by atoms with Crippen LogP contribution in [0.2, 0.25) is 0 Å². The van der Waals surface area contributed by atoms with Crippen molar-refractivity contribution < 1.29 is 9.47 Å². The highest BCUT2D eigenvalue weighted by Gasteiger charge is 2.11. The van der Waals surface area contributed by atoms with E-state index >= 15 is 0 Å². The van der Waals surface area contributed by atoms with Gasteiger partial charge in [0.25, 0.3) is 0 Å². The van der Waals surface area contributed by atoms with Gasteiger partial charge in [0.05, 0.1) is 0 Å². The summed E-state index contributed by atoms with van der Waals surface area (Å²) in [6, 6.07) is 14.6. The van der Waals surface area contributed by atoms with Gasteiger partial charge in [-0.3, -0.25) is 0 Å². The highest BCUT2D eigenvalue weighted by Crippen LogP contribution is 2.30. The van der Waals surface area contributed by atoms with E-state index in [2.05, 4.69) is 48.6 Å². The van der Waals surface area contributed by atoms with Crippen LogP contribution in [-0.2, 0) is 13.1 Å². The summed E-state index contributed by atoms with van der Waals surface area (Å²) in [4.78, 5) is 0. The lowest BCUT2D eigenvalue weighted by molar-refractivity contribution is 0.171. The van der Waals surface area contributed by atoms with E-state index in [4.69, 9.17) is 9.47 Å². The molecule has 1 heterocycles. The molecule has 0 saturated heterocycles. The Balaban J connectivity index is 1.60. The van der Waals surface area contributed by atoms with Gasteiger partial charge in [-0.15, -0.1) is 0 Å². The highest BCUT2D eigenvalue weighted by molar-refractivity contribution is 5.43. The van der Waals surface area contributed by atoms with Crippen LogP contribution in [0.3, 0.4) is 0 Å². The van der Waals surface area contributed by atoms with E-state index in [0.29, 0.717) is 13.2 Å². The van der Waals surface area contributed by atoms with Gasteiger partial charge in [-0.25, -0.2) is 0 Å². The maximum Gasteiger partial charge on any atom is 0.161 e. The maximum absolute atomic E-state index is 5.60. The quantitative estimate of drug-likeness (QED) is 0.925. The van der Waals surface area contributed by atoms with Gasteiger partial charge in [0.1, 0.15) is 13.2 Å². The minimum absolute atomic E-state index is 0.632. The highest BCUT2D eigenvalue weighted by atomic mass is 16.6. The fraction of sp³-hybridized carbons (Fsp3) is 0.294. The SMILES string of the molecule is Cc1ccccc1CNCc1ccc2c(c1)OCCO2. The molecule has 0 bridgehead atoms. The van der Waals surface area contributed by atoms with Gasteiger partial charge in [0, 0.05) is 13.1 Å². The van der Waals surface area contributed by atoms with Crippen LogP contribution in [0.1, 0.15) is 16.7 Å². The van der Waals surface area contributed by atoms with Gasteiger partial charge < -0.3 is 14.8 Å². The van der Waals surface area contributed by atoms with Gasteiger partial charge in [-0.2, -0.15) is 0 Å². The van der Waals surface area contributed by atoms with Gasteiger partial charge in [0.15, 0.2) is 11.5 Å². The minimum Gasteiger partial charge on any atom is -0.486 e. The lowest BCUT2D eigenvalue weighted by Gasteiger charge is -2.19. The van der Waals surface area contributed by atoms with E-state index in [0.717, 1.165) is 24.6 Å². The molecule has 1 aliphatic heterocycles. The van der Waals surface area contributed by atoms with Crippen LogP contribution >= 0.6 is 0 Å². The van der Waals surface area contributed by atoms with Gasteiger partial charge >= 0.3 is 0 Å². The molecule has 104 valence electrons. The molecule has 0 aromatic heterocycles. The second kappa shape index (κ2) is 5.97. The molecule has 0 amide bonds. The van der Waals surface area contributed by atoms with E-state index in [9.17, 15) is 0 Å². The fourth-order valence-electron chi connectivity index (χ4n) is 2.35. The van der Waals surface area contributed by atoms with Gasteiger partial charge in [-0.1, -0.05) is 30.3 Å². The number of hydrogen-bond acceptors (Lipinski definition) is 3. The first-order chi connectivity index (χ1) is 9.83. The molecular formula is C17H19NO2. The van der Waals surface area contributed by atoms with Crippen molar-refractivity contribution >= 4 is 0 Å². The number of hydrogen-bond donors (Lipinski definition) is 1. The average Bonchev–Trinajstić information content (AvgIpc) is 2.49. The average molecular weight is 269 g/mol. The Hall–Kier alpha value is -2.00. The summed E-state index contributed by atoms with van der Waals surface area (Å²) in [7, 11) is 0. The van der Waals surface area contributed by atoms with E-state index in [1.807, 2.05) is 6.07 Å². The van der Waals surface area contributed by atoms with Crippen LogP contribution in [0.4, 0.5) is 0 Å². The standard InChI is InChI=1S/C17H19NO2/c1-13-4-2-3-5-15(13)12-18-11-14-6-7-16-17(10-14)20-9-8-19-16/h2-7,10,18H,8-9,11-12H2,1H3. The summed E-state index contributed by atoms with van der Waals surface area (Å²) in [5.41, 5.74) is 3.87. The lowest BCUT2D eigenvalue weighted by atomic mass is 10.1. The lowest BCUT2D eigenvalue weighted by Crippen LogP contribution is -2.17. The normalized spacial score (nSPS) is 13.2. The van der Waals surface area contributed by atoms with Gasteiger partial charge in [-0.05, 0) is 35.7 Å². The Morgan fingerprint density at radius 3 is 2.60 bits per heavy atom. The van der Waals surface area contributed by atoms with E-state index in [-0.39, 0.29) is 0 Å². The second-order valence-corrected chi connectivity index (χ2v) is 5.01. The van der Waals surface area contributed by atoms with Crippen LogP contribution < -0.4 is 14.8 Å². The predicted molar refractivity (Wildman–Crippen MR) is 79.2 cm³/mol. The predicted octanol–water partition coefficient (Wildman–Crippen LogP) is 3.06.